The van der Waals surface area contributed by atoms with Crippen molar-refractivity contribution in [2.45, 2.75) is 44.2 Å². The van der Waals surface area contributed by atoms with Crippen LogP contribution in [0.5, 0.6) is 0 Å². The molecule has 2 atom stereocenters. The minimum absolute atomic E-state index is 0.00741. The van der Waals surface area contributed by atoms with Crippen molar-refractivity contribution in [2.24, 2.45) is 4.99 Å². The third-order valence-electron chi connectivity index (χ3n) is 7.69. The van der Waals surface area contributed by atoms with Crippen LogP contribution in [0.1, 0.15) is 42.1 Å². The van der Waals surface area contributed by atoms with Gasteiger partial charge in [-0.2, -0.15) is 5.06 Å². The highest BCUT2D eigenvalue weighted by atomic mass is 16.7. The summed E-state index contributed by atoms with van der Waals surface area (Å²) in [6.45, 7) is 3.59. The standard InChI is InChI=1S/C31H40N6O2/c1-32-15-16-33-17-20-36-18-7-10-25(13-19-36)37-23-30(38)34-29(22-24-8-3-2-4-9-24)31-27(14-21-39-37)26-11-5-6-12-28(26)35-31/h2-6,8-9,11-12,15-17,25,29,32,35H,7,10,13-14,18-23H2,1H3,(H,34,38)/b16-15-,33-17?. The van der Waals surface area contributed by atoms with Gasteiger partial charge >= 0.3 is 0 Å². The molecule has 3 aromatic rings. The first-order valence-electron chi connectivity index (χ1n) is 14.1. The number of benzene rings is 2. The largest absolute Gasteiger partial charge is 0.393 e. The molecule has 1 saturated heterocycles. The lowest BCUT2D eigenvalue weighted by Gasteiger charge is -2.31. The SMILES string of the molecule is CN/C=C\N=CCN1CCCC(N2CC(=O)NC(Cc3ccccc3)c3[nH]c4ccccc4c3CCO2)CC1. The molecule has 2 aliphatic rings. The van der Waals surface area contributed by atoms with Gasteiger partial charge in [-0.1, -0.05) is 48.5 Å². The highest BCUT2D eigenvalue weighted by Crippen LogP contribution is 2.30. The van der Waals surface area contributed by atoms with Gasteiger partial charge in [-0.25, -0.2) is 0 Å². The van der Waals surface area contributed by atoms with Gasteiger partial charge in [0, 0.05) is 67.8 Å². The second kappa shape index (κ2) is 13.6. The molecule has 3 N–H and O–H groups in total. The predicted molar refractivity (Wildman–Crippen MR) is 156 cm³/mol. The Labute approximate surface area is 231 Å². The van der Waals surface area contributed by atoms with E-state index in [0.29, 0.717) is 6.61 Å². The Hall–Kier alpha value is -3.46. The molecule has 8 nitrogen and oxygen atoms in total. The van der Waals surface area contributed by atoms with Crippen molar-refractivity contribution in [1.29, 1.82) is 0 Å². The summed E-state index contributed by atoms with van der Waals surface area (Å²) < 4.78 is 0. The first-order valence-corrected chi connectivity index (χ1v) is 14.1. The Balaban J connectivity index is 1.32. The average molecular weight is 529 g/mol. The summed E-state index contributed by atoms with van der Waals surface area (Å²) in [5.41, 5.74) is 4.61. The number of para-hydroxylation sites is 1. The average Bonchev–Trinajstić information content (AvgIpc) is 3.15. The van der Waals surface area contributed by atoms with E-state index in [-0.39, 0.29) is 24.5 Å². The Kier molecular flexibility index (Phi) is 9.43. The number of likely N-dealkylation sites (tertiary alicyclic amines) is 1. The van der Waals surface area contributed by atoms with Crippen LogP contribution < -0.4 is 10.6 Å². The molecule has 0 saturated carbocycles. The summed E-state index contributed by atoms with van der Waals surface area (Å²) in [6.07, 6.45) is 10.1. The number of nitrogens with one attached hydrogen (secondary N) is 3. The maximum absolute atomic E-state index is 13.5. The molecule has 5 rings (SSSR count). The molecular weight excluding hydrogens is 488 g/mol. The van der Waals surface area contributed by atoms with E-state index in [1.807, 2.05) is 36.7 Å². The molecule has 206 valence electrons. The Morgan fingerprint density at radius 3 is 2.82 bits per heavy atom. The first-order chi connectivity index (χ1) is 19.2. The highest BCUT2D eigenvalue weighted by molar-refractivity contribution is 5.85. The van der Waals surface area contributed by atoms with Crippen LogP contribution in [0.4, 0.5) is 0 Å². The summed E-state index contributed by atoms with van der Waals surface area (Å²) in [6, 6.07) is 18.9. The number of aliphatic imine (C=N–C) groups is 1. The van der Waals surface area contributed by atoms with Gasteiger partial charge in [-0.3, -0.25) is 19.5 Å². The van der Waals surface area contributed by atoms with Crippen LogP contribution in [-0.2, 0) is 22.5 Å². The monoisotopic (exact) mass is 528 g/mol. The summed E-state index contributed by atoms with van der Waals surface area (Å²) >= 11 is 0. The number of fused-ring (bicyclic) bond motifs is 3. The van der Waals surface area contributed by atoms with Gasteiger partial charge in [0.25, 0.3) is 0 Å². The lowest BCUT2D eigenvalue weighted by Crippen LogP contribution is -2.45. The molecule has 0 aliphatic carbocycles. The van der Waals surface area contributed by atoms with Crippen LogP contribution in [0.15, 0.2) is 72.0 Å². The molecule has 39 heavy (non-hydrogen) atoms. The van der Waals surface area contributed by atoms with E-state index in [0.717, 1.165) is 62.9 Å². The van der Waals surface area contributed by atoms with E-state index >= 15 is 0 Å². The number of carbonyl (C=O) groups is 1. The maximum atomic E-state index is 13.5. The van der Waals surface area contributed by atoms with Gasteiger partial charge in [0.2, 0.25) is 5.91 Å². The fraction of sp³-hybridized carbons (Fsp3) is 0.419. The van der Waals surface area contributed by atoms with Gasteiger partial charge in [-0.05, 0) is 49.4 Å². The van der Waals surface area contributed by atoms with Crippen molar-refractivity contribution >= 4 is 23.0 Å². The number of H-pyrrole nitrogens is 1. The molecule has 0 radical (unpaired) electrons. The van der Waals surface area contributed by atoms with Gasteiger partial charge in [0.1, 0.15) is 6.54 Å². The van der Waals surface area contributed by atoms with Crippen LogP contribution >= 0.6 is 0 Å². The fourth-order valence-electron chi connectivity index (χ4n) is 5.74. The van der Waals surface area contributed by atoms with E-state index in [1.165, 1.54) is 16.5 Å². The number of aromatic nitrogens is 1. The van der Waals surface area contributed by atoms with Crippen LogP contribution in [0.3, 0.4) is 0 Å². The normalized spacial score (nSPS) is 22.1. The van der Waals surface area contributed by atoms with E-state index < -0.39 is 0 Å². The van der Waals surface area contributed by atoms with Gasteiger partial charge in [0.05, 0.1) is 12.6 Å². The van der Waals surface area contributed by atoms with Crippen molar-refractivity contribution in [3.8, 4) is 0 Å². The third-order valence-corrected chi connectivity index (χ3v) is 7.69. The molecule has 2 aromatic carbocycles. The lowest BCUT2D eigenvalue weighted by atomic mass is 9.98. The molecule has 1 fully saturated rings. The predicted octanol–water partition coefficient (Wildman–Crippen LogP) is 3.97. The molecule has 2 aliphatic heterocycles. The molecule has 1 amide bonds. The molecule has 1 aromatic heterocycles. The van der Waals surface area contributed by atoms with Crippen LogP contribution in [0.25, 0.3) is 10.9 Å². The smallest absolute Gasteiger partial charge is 0.237 e. The third kappa shape index (κ3) is 7.15. The topological polar surface area (TPSA) is 85.0 Å². The number of hydrogen-bond donors (Lipinski definition) is 3. The zero-order chi connectivity index (χ0) is 26.9. The Bertz CT molecular complexity index is 1270. The summed E-state index contributed by atoms with van der Waals surface area (Å²) in [4.78, 5) is 30.2. The van der Waals surface area contributed by atoms with Crippen molar-refractivity contribution in [3.05, 3.63) is 83.8 Å². The molecule has 0 bridgehead atoms. The first kappa shape index (κ1) is 27.1. The number of carbonyl (C=O) groups excluding carboxylic acids is 1. The minimum atomic E-state index is -0.136. The molecule has 2 unspecified atom stereocenters. The number of nitrogens with zero attached hydrogens (tertiary/aromatic N) is 3. The van der Waals surface area contributed by atoms with Crippen molar-refractivity contribution < 1.29 is 9.63 Å². The summed E-state index contributed by atoms with van der Waals surface area (Å²) in [5, 5.41) is 9.47. The number of hydroxylamine groups is 2. The molecule has 0 spiro atoms. The number of amides is 1. The minimum Gasteiger partial charge on any atom is -0.393 e. The lowest BCUT2D eigenvalue weighted by molar-refractivity contribution is -0.191. The van der Waals surface area contributed by atoms with Crippen molar-refractivity contribution in [1.82, 2.24) is 25.6 Å². The maximum Gasteiger partial charge on any atom is 0.237 e. The second-order valence-electron chi connectivity index (χ2n) is 10.4. The zero-order valence-electron chi connectivity index (χ0n) is 22.8. The van der Waals surface area contributed by atoms with E-state index in [2.05, 4.69) is 68.0 Å². The van der Waals surface area contributed by atoms with Crippen LogP contribution in [0, 0.1) is 0 Å². The summed E-state index contributed by atoms with van der Waals surface area (Å²) in [7, 11) is 1.86. The van der Waals surface area contributed by atoms with Crippen LogP contribution in [0.2, 0.25) is 0 Å². The van der Waals surface area contributed by atoms with Crippen molar-refractivity contribution in [3.63, 3.8) is 0 Å². The second-order valence-corrected chi connectivity index (χ2v) is 10.4. The summed E-state index contributed by atoms with van der Waals surface area (Å²) in [5.74, 6) is -0.00741. The Morgan fingerprint density at radius 1 is 1.10 bits per heavy atom. The molecule has 8 heteroatoms. The van der Waals surface area contributed by atoms with Crippen molar-refractivity contribution in [2.75, 3.05) is 39.8 Å². The molecule has 3 heterocycles. The van der Waals surface area contributed by atoms with E-state index in [9.17, 15) is 4.79 Å². The number of hydrogen-bond acceptors (Lipinski definition) is 6. The van der Waals surface area contributed by atoms with E-state index in [1.54, 1.807) is 6.20 Å². The zero-order valence-corrected chi connectivity index (χ0v) is 22.8. The quantitative estimate of drug-likeness (QED) is 0.404. The fourth-order valence-corrected chi connectivity index (χ4v) is 5.74. The molecular formula is C31H40N6O2. The van der Waals surface area contributed by atoms with E-state index in [4.69, 9.17) is 4.84 Å². The van der Waals surface area contributed by atoms with Gasteiger partial charge in [-0.15, -0.1) is 0 Å². The van der Waals surface area contributed by atoms with Gasteiger partial charge < -0.3 is 15.6 Å². The van der Waals surface area contributed by atoms with Crippen LogP contribution in [-0.4, -0.2) is 72.9 Å². The number of aromatic amines is 1. The Morgan fingerprint density at radius 2 is 1.95 bits per heavy atom. The highest BCUT2D eigenvalue weighted by Gasteiger charge is 2.29. The number of rotatable bonds is 7. The van der Waals surface area contributed by atoms with Gasteiger partial charge in [0.15, 0.2) is 0 Å².